The predicted octanol–water partition coefficient (Wildman–Crippen LogP) is 3.14. The summed E-state index contributed by atoms with van der Waals surface area (Å²) in [6.07, 6.45) is 0. The van der Waals surface area contributed by atoms with Crippen LogP contribution >= 0.6 is 0 Å². The van der Waals surface area contributed by atoms with E-state index in [1.165, 1.54) is 0 Å². The van der Waals surface area contributed by atoms with Crippen molar-refractivity contribution in [1.82, 2.24) is 15.1 Å². The topological polar surface area (TPSA) is 77.4 Å². The van der Waals surface area contributed by atoms with Crippen molar-refractivity contribution in [1.29, 1.82) is 0 Å². The molecule has 7 heteroatoms. The second kappa shape index (κ2) is 6.79. The molecule has 4 rings (SSSR count). The van der Waals surface area contributed by atoms with Crippen molar-refractivity contribution in [3.05, 3.63) is 60.2 Å². The van der Waals surface area contributed by atoms with Gasteiger partial charge in [-0.3, -0.25) is 10.00 Å². The SMILES string of the molecule is Cn1nc(NC(=O)NCc2ccc3c(c2)OCO3)cc1-c1ccccc1. The molecule has 0 spiro atoms. The second-order valence-electron chi connectivity index (χ2n) is 5.90. The fourth-order valence-electron chi connectivity index (χ4n) is 2.80. The zero-order valence-electron chi connectivity index (χ0n) is 14.2. The van der Waals surface area contributed by atoms with Crippen LogP contribution in [0.1, 0.15) is 5.56 Å². The molecule has 1 aliphatic heterocycles. The molecule has 132 valence electrons. The van der Waals surface area contributed by atoms with E-state index in [-0.39, 0.29) is 12.8 Å². The van der Waals surface area contributed by atoms with Crippen molar-refractivity contribution in [3.8, 4) is 22.8 Å². The summed E-state index contributed by atoms with van der Waals surface area (Å²) in [5, 5.41) is 9.91. The monoisotopic (exact) mass is 350 g/mol. The number of nitrogens with one attached hydrogen (secondary N) is 2. The molecular formula is C19H18N4O3. The molecule has 0 bridgehead atoms. The van der Waals surface area contributed by atoms with E-state index in [0.29, 0.717) is 18.1 Å². The summed E-state index contributed by atoms with van der Waals surface area (Å²) in [7, 11) is 1.85. The Bertz CT molecular complexity index is 937. The minimum atomic E-state index is -0.319. The number of rotatable bonds is 4. The summed E-state index contributed by atoms with van der Waals surface area (Å²) < 4.78 is 12.4. The number of nitrogens with zero attached hydrogens (tertiary/aromatic N) is 2. The van der Waals surface area contributed by atoms with E-state index in [4.69, 9.17) is 9.47 Å². The number of aryl methyl sites for hydroxylation is 1. The lowest BCUT2D eigenvalue weighted by atomic mass is 10.1. The van der Waals surface area contributed by atoms with E-state index >= 15 is 0 Å². The van der Waals surface area contributed by atoms with Crippen LogP contribution < -0.4 is 20.1 Å². The molecule has 1 aromatic heterocycles. The number of benzene rings is 2. The maximum atomic E-state index is 12.1. The Hall–Kier alpha value is -3.48. The zero-order valence-corrected chi connectivity index (χ0v) is 14.2. The quantitative estimate of drug-likeness (QED) is 0.758. The van der Waals surface area contributed by atoms with Gasteiger partial charge in [-0.2, -0.15) is 5.10 Å². The maximum absolute atomic E-state index is 12.1. The number of carbonyl (C=O) groups is 1. The summed E-state index contributed by atoms with van der Waals surface area (Å²) in [5.41, 5.74) is 2.89. The Balaban J connectivity index is 1.38. The highest BCUT2D eigenvalue weighted by Gasteiger charge is 2.14. The first-order valence-corrected chi connectivity index (χ1v) is 8.22. The van der Waals surface area contributed by atoms with Crippen LogP contribution in [0.15, 0.2) is 54.6 Å². The van der Waals surface area contributed by atoms with Crippen LogP contribution in [0, 0.1) is 0 Å². The minimum absolute atomic E-state index is 0.232. The highest BCUT2D eigenvalue weighted by atomic mass is 16.7. The zero-order chi connectivity index (χ0) is 17.9. The average Bonchev–Trinajstić information content (AvgIpc) is 3.26. The fraction of sp³-hybridized carbons (Fsp3) is 0.158. The second-order valence-corrected chi connectivity index (χ2v) is 5.90. The van der Waals surface area contributed by atoms with Crippen molar-refractivity contribution in [3.63, 3.8) is 0 Å². The fourth-order valence-corrected chi connectivity index (χ4v) is 2.80. The third kappa shape index (κ3) is 3.32. The molecule has 0 unspecified atom stereocenters. The largest absolute Gasteiger partial charge is 0.454 e. The van der Waals surface area contributed by atoms with Gasteiger partial charge in [0.15, 0.2) is 17.3 Å². The van der Waals surface area contributed by atoms with Gasteiger partial charge >= 0.3 is 6.03 Å². The number of amides is 2. The van der Waals surface area contributed by atoms with E-state index in [1.54, 1.807) is 4.68 Å². The third-order valence-corrected chi connectivity index (χ3v) is 4.08. The Morgan fingerprint density at radius 3 is 2.77 bits per heavy atom. The molecule has 3 aromatic rings. The smallest absolute Gasteiger partial charge is 0.320 e. The summed E-state index contributed by atoms with van der Waals surface area (Å²) in [6, 6.07) is 17.0. The van der Waals surface area contributed by atoms with Crippen molar-refractivity contribution in [2.24, 2.45) is 7.05 Å². The van der Waals surface area contributed by atoms with E-state index < -0.39 is 0 Å². The van der Waals surface area contributed by atoms with Gasteiger partial charge in [-0.05, 0) is 23.3 Å². The van der Waals surface area contributed by atoms with E-state index in [2.05, 4.69) is 15.7 Å². The van der Waals surface area contributed by atoms with Crippen LogP contribution in [0.3, 0.4) is 0 Å². The summed E-state index contributed by atoms with van der Waals surface area (Å²) in [6.45, 7) is 0.608. The Kier molecular flexibility index (Phi) is 4.18. The molecule has 0 radical (unpaired) electrons. The molecule has 2 heterocycles. The van der Waals surface area contributed by atoms with Gasteiger partial charge in [-0.1, -0.05) is 36.4 Å². The number of carbonyl (C=O) groups excluding carboxylic acids is 1. The van der Waals surface area contributed by atoms with Gasteiger partial charge in [-0.25, -0.2) is 4.79 Å². The molecule has 0 atom stereocenters. The molecule has 0 saturated heterocycles. The lowest BCUT2D eigenvalue weighted by molar-refractivity contribution is 0.174. The van der Waals surface area contributed by atoms with Gasteiger partial charge in [0.1, 0.15) is 0 Å². The molecule has 2 aromatic carbocycles. The highest BCUT2D eigenvalue weighted by molar-refractivity contribution is 5.88. The first kappa shape index (κ1) is 16.0. The third-order valence-electron chi connectivity index (χ3n) is 4.08. The Morgan fingerprint density at radius 2 is 1.92 bits per heavy atom. The van der Waals surface area contributed by atoms with Crippen LogP contribution in [-0.4, -0.2) is 22.6 Å². The van der Waals surface area contributed by atoms with Crippen molar-refractivity contribution in [2.75, 3.05) is 12.1 Å². The molecule has 2 N–H and O–H groups in total. The number of ether oxygens (including phenoxy) is 2. The minimum Gasteiger partial charge on any atom is -0.454 e. The van der Waals surface area contributed by atoms with Crippen LogP contribution in [0.5, 0.6) is 11.5 Å². The number of fused-ring (bicyclic) bond motifs is 1. The van der Waals surface area contributed by atoms with Gasteiger partial charge in [0.05, 0.1) is 5.69 Å². The molecule has 0 aliphatic carbocycles. The summed E-state index contributed by atoms with van der Waals surface area (Å²) >= 11 is 0. The highest BCUT2D eigenvalue weighted by Crippen LogP contribution is 2.32. The average molecular weight is 350 g/mol. The van der Waals surface area contributed by atoms with Gasteiger partial charge in [0, 0.05) is 19.7 Å². The lowest BCUT2D eigenvalue weighted by Gasteiger charge is -2.06. The van der Waals surface area contributed by atoms with Crippen molar-refractivity contribution in [2.45, 2.75) is 6.54 Å². The van der Waals surface area contributed by atoms with Gasteiger partial charge in [0.25, 0.3) is 0 Å². The summed E-state index contributed by atoms with van der Waals surface area (Å²) in [5.74, 6) is 1.91. The van der Waals surface area contributed by atoms with Crippen LogP contribution in [-0.2, 0) is 13.6 Å². The molecule has 2 amide bonds. The number of hydrogen-bond donors (Lipinski definition) is 2. The van der Waals surface area contributed by atoms with Crippen LogP contribution in [0.25, 0.3) is 11.3 Å². The number of anilines is 1. The Labute approximate surface area is 150 Å². The predicted molar refractivity (Wildman–Crippen MR) is 97.1 cm³/mol. The molecular weight excluding hydrogens is 332 g/mol. The number of hydrogen-bond acceptors (Lipinski definition) is 4. The lowest BCUT2D eigenvalue weighted by Crippen LogP contribution is -2.28. The molecule has 0 fully saturated rings. The number of urea groups is 1. The first-order chi connectivity index (χ1) is 12.7. The van der Waals surface area contributed by atoms with E-state index in [9.17, 15) is 4.79 Å². The standard InChI is InChI=1S/C19H18N4O3/c1-23-15(14-5-3-2-4-6-14)10-18(22-23)21-19(24)20-11-13-7-8-16-17(9-13)26-12-25-16/h2-10H,11-12H2,1H3,(H2,20,21,22,24). The van der Waals surface area contributed by atoms with Gasteiger partial charge in [0.2, 0.25) is 6.79 Å². The molecule has 7 nitrogen and oxygen atoms in total. The molecule has 0 saturated carbocycles. The van der Waals surface area contributed by atoms with Crippen LogP contribution in [0.4, 0.5) is 10.6 Å². The van der Waals surface area contributed by atoms with Crippen molar-refractivity contribution >= 4 is 11.8 Å². The molecule has 1 aliphatic rings. The summed E-state index contributed by atoms with van der Waals surface area (Å²) in [4.78, 5) is 12.1. The van der Waals surface area contributed by atoms with E-state index in [1.807, 2.05) is 61.6 Å². The number of aromatic nitrogens is 2. The van der Waals surface area contributed by atoms with Gasteiger partial charge in [-0.15, -0.1) is 0 Å². The Morgan fingerprint density at radius 1 is 1.12 bits per heavy atom. The molecule has 26 heavy (non-hydrogen) atoms. The van der Waals surface area contributed by atoms with Crippen LogP contribution in [0.2, 0.25) is 0 Å². The van der Waals surface area contributed by atoms with Gasteiger partial charge < -0.3 is 14.8 Å². The van der Waals surface area contributed by atoms with Crippen molar-refractivity contribution < 1.29 is 14.3 Å². The maximum Gasteiger partial charge on any atom is 0.320 e. The normalized spacial score (nSPS) is 12.0. The first-order valence-electron chi connectivity index (χ1n) is 8.22. The van der Waals surface area contributed by atoms with E-state index in [0.717, 1.165) is 22.6 Å².